The maximum atomic E-state index is 12.3. The van der Waals surface area contributed by atoms with Crippen LogP contribution in [-0.4, -0.2) is 38.2 Å². The summed E-state index contributed by atoms with van der Waals surface area (Å²) in [6.45, 7) is 6.33. The number of halogens is 1. The first kappa shape index (κ1) is 19.9. The zero-order valence-electron chi connectivity index (χ0n) is 13.7. The predicted molar refractivity (Wildman–Crippen MR) is 94.0 cm³/mol. The van der Waals surface area contributed by atoms with Crippen molar-refractivity contribution in [3.8, 4) is 0 Å². The first-order valence-electron chi connectivity index (χ1n) is 7.70. The average molecular weight is 361 g/mol. The molecule has 1 saturated heterocycles. The second-order valence-electron chi connectivity index (χ2n) is 6.08. The van der Waals surface area contributed by atoms with Crippen molar-refractivity contribution in [1.29, 1.82) is 0 Å². The number of piperidine rings is 1. The maximum Gasteiger partial charge on any atom is 0.251 e. The van der Waals surface area contributed by atoms with E-state index in [-0.39, 0.29) is 35.3 Å². The number of carbonyl (C=O) groups excluding carboxylic acids is 1. The van der Waals surface area contributed by atoms with Crippen molar-refractivity contribution in [1.82, 2.24) is 10.6 Å². The van der Waals surface area contributed by atoms with Gasteiger partial charge in [0.1, 0.15) is 0 Å². The average Bonchev–Trinajstić information content (AvgIpc) is 2.49. The highest BCUT2D eigenvalue weighted by Gasteiger charge is 2.23. The SMILES string of the molecule is CC1NCCCC1NC(=O)c1ccc(S(=O)(=O)C(C)C)cc1.Cl. The lowest BCUT2D eigenvalue weighted by atomic mass is 9.99. The minimum absolute atomic E-state index is 0. The Kier molecular flexibility index (Phi) is 7.04. The highest BCUT2D eigenvalue weighted by atomic mass is 35.5. The third kappa shape index (κ3) is 4.68. The summed E-state index contributed by atoms with van der Waals surface area (Å²) in [7, 11) is -3.30. The van der Waals surface area contributed by atoms with E-state index in [4.69, 9.17) is 0 Å². The Balaban J connectivity index is 0.00000264. The zero-order chi connectivity index (χ0) is 16.3. The first-order valence-corrected chi connectivity index (χ1v) is 9.25. The molecule has 0 bridgehead atoms. The molecule has 1 heterocycles. The van der Waals surface area contributed by atoms with Crippen molar-refractivity contribution in [2.75, 3.05) is 6.54 Å². The topological polar surface area (TPSA) is 75.3 Å². The van der Waals surface area contributed by atoms with E-state index in [9.17, 15) is 13.2 Å². The van der Waals surface area contributed by atoms with Crippen molar-refractivity contribution in [3.05, 3.63) is 29.8 Å². The Bertz CT molecular complexity index is 629. The van der Waals surface area contributed by atoms with Gasteiger partial charge >= 0.3 is 0 Å². The van der Waals surface area contributed by atoms with Crippen LogP contribution in [-0.2, 0) is 9.84 Å². The van der Waals surface area contributed by atoms with Crippen LogP contribution < -0.4 is 10.6 Å². The minimum Gasteiger partial charge on any atom is -0.348 e. The summed E-state index contributed by atoms with van der Waals surface area (Å²) < 4.78 is 24.1. The molecule has 1 amide bonds. The van der Waals surface area contributed by atoms with E-state index in [0.717, 1.165) is 19.4 Å². The normalized spacial score (nSPS) is 21.6. The van der Waals surface area contributed by atoms with Crippen LogP contribution in [0.25, 0.3) is 0 Å². The van der Waals surface area contributed by atoms with Crippen LogP contribution in [0, 0.1) is 0 Å². The van der Waals surface area contributed by atoms with Gasteiger partial charge in [0.05, 0.1) is 10.1 Å². The largest absolute Gasteiger partial charge is 0.348 e. The van der Waals surface area contributed by atoms with Gasteiger partial charge in [-0.2, -0.15) is 0 Å². The fourth-order valence-electron chi connectivity index (χ4n) is 2.56. The van der Waals surface area contributed by atoms with Gasteiger partial charge < -0.3 is 10.6 Å². The molecule has 0 spiro atoms. The Morgan fingerprint density at radius 3 is 2.39 bits per heavy atom. The summed E-state index contributed by atoms with van der Waals surface area (Å²) in [6.07, 6.45) is 2.00. The van der Waals surface area contributed by atoms with Crippen LogP contribution >= 0.6 is 12.4 Å². The number of rotatable bonds is 4. The number of sulfone groups is 1. The van der Waals surface area contributed by atoms with E-state index in [1.54, 1.807) is 26.0 Å². The molecule has 2 N–H and O–H groups in total. The van der Waals surface area contributed by atoms with Crippen LogP contribution in [0.15, 0.2) is 29.2 Å². The van der Waals surface area contributed by atoms with Crippen molar-refractivity contribution < 1.29 is 13.2 Å². The van der Waals surface area contributed by atoms with Crippen LogP contribution in [0.4, 0.5) is 0 Å². The Morgan fingerprint density at radius 2 is 1.87 bits per heavy atom. The van der Waals surface area contributed by atoms with Crippen LogP contribution in [0.1, 0.15) is 44.0 Å². The molecule has 0 aromatic heterocycles. The molecule has 0 radical (unpaired) electrons. The van der Waals surface area contributed by atoms with Gasteiger partial charge in [-0.05, 0) is 64.4 Å². The molecule has 2 rings (SSSR count). The standard InChI is InChI=1S/C16H24N2O3S.ClH/c1-11(2)22(20,21)14-8-6-13(7-9-14)16(19)18-15-5-4-10-17-12(15)3;/h6-9,11-12,15,17H,4-5,10H2,1-3H3,(H,18,19);1H. The van der Waals surface area contributed by atoms with E-state index < -0.39 is 15.1 Å². The van der Waals surface area contributed by atoms with Gasteiger partial charge in [0.2, 0.25) is 0 Å². The molecule has 0 aliphatic carbocycles. The monoisotopic (exact) mass is 360 g/mol. The molecule has 1 aliphatic heterocycles. The fourth-order valence-corrected chi connectivity index (χ4v) is 3.62. The van der Waals surface area contributed by atoms with Crippen molar-refractivity contribution in [2.24, 2.45) is 0 Å². The lowest BCUT2D eigenvalue weighted by molar-refractivity contribution is 0.0919. The molecule has 1 aliphatic rings. The molecule has 23 heavy (non-hydrogen) atoms. The van der Waals surface area contributed by atoms with Gasteiger partial charge in [-0.15, -0.1) is 12.4 Å². The quantitative estimate of drug-likeness (QED) is 0.862. The third-order valence-corrected chi connectivity index (χ3v) is 6.31. The van der Waals surface area contributed by atoms with E-state index in [1.807, 2.05) is 0 Å². The van der Waals surface area contributed by atoms with E-state index >= 15 is 0 Å². The Hall–Kier alpha value is -1.11. The molecule has 5 nitrogen and oxygen atoms in total. The summed E-state index contributed by atoms with van der Waals surface area (Å²) in [4.78, 5) is 12.5. The number of carbonyl (C=O) groups is 1. The molecule has 1 fully saturated rings. The van der Waals surface area contributed by atoms with Crippen LogP contribution in [0.3, 0.4) is 0 Å². The van der Waals surface area contributed by atoms with E-state index in [1.165, 1.54) is 12.1 Å². The number of hydrogen-bond acceptors (Lipinski definition) is 4. The minimum atomic E-state index is -3.30. The number of amides is 1. The van der Waals surface area contributed by atoms with Gasteiger partial charge in [-0.3, -0.25) is 4.79 Å². The van der Waals surface area contributed by atoms with Crippen molar-refractivity contribution in [3.63, 3.8) is 0 Å². The van der Waals surface area contributed by atoms with Gasteiger partial charge in [-0.25, -0.2) is 8.42 Å². The molecule has 7 heteroatoms. The maximum absolute atomic E-state index is 12.3. The van der Waals surface area contributed by atoms with E-state index in [2.05, 4.69) is 17.6 Å². The van der Waals surface area contributed by atoms with Gasteiger partial charge in [0, 0.05) is 17.6 Å². The summed E-state index contributed by atoms with van der Waals surface area (Å²) in [5, 5.41) is 5.88. The first-order chi connectivity index (χ1) is 10.3. The fraction of sp³-hybridized carbons (Fsp3) is 0.562. The molecular formula is C16H25ClN2O3S. The van der Waals surface area contributed by atoms with Gasteiger partial charge in [0.25, 0.3) is 5.91 Å². The molecule has 2 atom stereocenters. The Morgan fingerprint density at radius 1 is 1.26 bits per heavy atom. The molecule has 2 unspecified atom stereocenters. The predicted octanol–water partition coefficient (Wildman–Crippen LogP) is 2.16. The summed E-state index contributed by atoms with van der Waals surface area (Å²) in [5.74, 6) is -0.158. The summed E-state index contributed by atoms with van der Waals surface area (Å²) >= 11 is 0. The number of hydrogen-bond donors (Lipinski definition) is 2. The van der Waals surface area contributed by atoms with Gasteiger partial charge in [-0.1, -0.05) is 0 Å². The molecule has 1 aromatic rings. The summed E-state index contributed by atoms with van der Waals surface area (Å²) in [6, 6.07) is 6.52. The van der Waals surface area contributed by atoms with Crippen LogP contribution in [0.5, 0.6) is 0 Å². The lowest BCUT2D eigenvalue weighted by Gasteiger charge is -2.30. The molecule has 130 valence electrons. The van der Waals surface area contributed by atoms with Crippen LogP contribution in [0.2, 0.25) is 0 Å². The number of benzene rings is 1. The highest BCUT2D eigenvalue weighted by Crippen LogP contribution is 2.17. The Labute approximate surface area is 144 Å². The number of nitrogens with one attached hydrogen (secondary N) is 2. The highest BCUT2D eigenvalue weighted by molar-refractivity contribution is 7.92. The zero-order valence-corrected chi connectivity index (χ0v) is 15.3. The summed E-state index contributed by atoms with van der Waals surface area (Å²) in [5.41, 5.74) is 0.487. The lowest BCUT2D eigenvalue weighted by Crippen LogP contribution is -2.51. The molecule has 1 aromatic carbocycles. The second kappa shape index (κ2) is 8.13. The van der Waals surface area contributed by atoms with Crippen molar-refractivity contribution in [2.45, 2.75) is 55.8 Å². The van der Waals surface area contributed by atoms with Crippen molar-refractivity contribution >= 4 is 28.2 Å². The molecule has 0 saturated carbocycles. The third-order valence-electron chi connectivity index (χ3n) is 4.14. The van der Waals surface area contributed by atoms with Gasteiger partial charge in [0.15, 0.2) is 9.84 Å². The molecular weight excluding hydrogens is 336 g/mol. The second-order valence-corrected chi connectivity index (χ2v) is 8.59. The smallest absolute Gasteiger partial charge is 0.251 e. The van der Waals surface area contributed by atoms with E-state index in [0.29, 0.717) is 5.56 Å².